The van der Waals surface area contributed by atoms with Crippen molar-refractivity contribution < 1.29 is 9.53 Å². The van der Waals surface area contributed by atoms with E-state index in [1.54, 1.807) is 4.68 Å². The maximum Gasteiger partial charge on any atom is 0.222 e. The van der Waals surface area contributed by atoms with Gasteiger partial charge in [-0.15, -0.1) is 0 Å². The first-order valence-corrected chi connectivity index (χ1v) is 11.9. The number of aromatic nitrogens is 6. The standard InChI is InChI=1S/C25H29N7O2/c1-4-22(33)31-8-9-32-21(14-31)24(27-25(32)17-7-10-34-15-17)16-5-6-20-19(11-16)23(28-30(20)3)18-12-26-29(2)13-18/h5-6,11-13,17H,4,7-10,14-15H2,1-3H3. The average Bonchev–Trinajstić information content (AvgIpc) is 3.64. The van der Waals surface area contributed by atoms with E-state index < -0.39 is 0 Å². The van der Waals surface area contributed by atoms with E-state index in [0.717, 1.165) is 71.1 Å². The van der Waals surface area contributed by atoms with Crippen molar-refractivity contribution >= 4 is 16.8 Å². The predicted molar refractivity (Wildman–Crippen MR) is 128 cm³/mol. The maximum absolute atomic E-state index is 12.5. The van der Waals surface area contributed by atoms with Crippen LogP contribution in [-0.4, -0.2) is 59.7 Å². The first-order valence-electron chi connectivity index (χ1n) is 11.9. The number of rotatable bonds is 4. The Balaban J connectivity index is 1.50. The third-order valence-corrected chi connectivity index (χ3v) is 7.09. The zero-order valence-corrected chi connectivity index (χ0v) is 19.9. The van der Waals surface area contributed by atoms with Gasteiger partial charge in [0.1, 0.15) is 11.5 Å². The normalized spacial score (nSPS) is 18.1. The van der Waals surface area contributed by atoms with Crippen molar-refractivity contribution in [1.29, 1.82) is 0 Å². The van der Waals surface area contributed by atoms with Crippen LogP contribution in [0.3, 0.4) is 0 Å². The Morgan fingerprint density at radius 2 is 2.06 bits per heavy atom. The molecule has 4 aromatic rings. The van der Waals surface area contributed by atoms with Gasteiger partial charge in [0.25, 0.3) is 0 Å². The number of fused-ring (bicyclic) bond motifs is 2. The van der Waals surface area contributed by atoms with Crippen LogP contribution in [0.25, 0.3) is 33.4 Å². The van der Waals surface area contributed by atoms with E-state index >= 15 is 0 Å². The summed E-state index contributed by atoms with van der Waals surface area (Å²) in [5.41, 5.74) is 6.07. The lowest BCUT2D eigenvalue weighted by Crippen LogP contribution is -2.38. The van der Waals surface area contributed by atoms with Gasteiger partial charge in [0.15, 0.2) is 0 Å². The fraction of sp³-hybridized carbons (Fsp3) is 0.440. The number of nitrogens with zero attached hydrogens (tertiary/aromatic N) is 7. The Bertz CT molecular complexity index is 1390. The third kappa shape index (κ3) is 3.34. The average molecular weight is 460 g/mol. The van der Waals surface area contributed by atoms with Gasteiger partial charge in [0.05, 0.1) is 36.3 Å². The second-order valence-corrected chi connectivity index (χ2v) is 9.25. The molecule has 5 heterocycles. The number of carbonyl (C=O) groups excluding carboxylic acids is 1. The lowest BCUT2D eigenvalue weighted by Gasteiger charge is -2.30. The van der Waals surface area contributed by atoms with E-state index in [1.807, 2.05) is 43.0 Å². The van der Waals surface area contributed by atoms with Crippen LogP contribution in [0, 0.1) is 0 Å². The van der Waals surface area contributed by atoms with Crippen LogP contribution in [-0.2, 0) is 36.7 Å². The number of hydrogen-bond donors (Lipinski definition) is 0. The monoisotopic (exact) mass is 459 g/mol. The molecular formula is C25H29N7O2. The maximum atomic E-state index is 12.5. The van der Waals surface area contributed by atoms with Crippen molar-refractivity contribution in [1.82, 2.24) is 34.0 Å². The highest BCUT2D eigenvalue weighted by molar-refractivity contribution is 5.95. The number of hydrogen-bond acceptors (Lipinski definition) is 5. The third-order valence-electron chi connectivity index (χ3n) is 7.09. The number of ether oxygens (including phenoxy) is 1. The summed E-state index contributed by atoms with van der Waals surface area (Å²) in [5.74, 6) is 1.57. The van der Waals surface area contributed by atoms with Crippen LogP contribution < -0.4 is 0 Å². The molecule has 0 spiro atoms. The Labute approximate surface area is 197 Å². The van der Waals surface area contributed by atoms with E-state index in [-0.39, 0.29) is 5.91 Å². The van der Waals surface area contributed by atoms with Gasteiger partial charge >= 0.3 is 0 Å². The highest BCUT2D eigenvalue weighted by Crippen LogP contribution is 2.36. The molecule has 1 saturated heterocycles. The highest BCUT2D eigenvalue weighted by atomic mass is 16.5. The molecule has 1 atom stereocenters. The van der Waals surface area contributed by atoms with E-state index in [4.69, 9.17) is 14.8 Å². The van der Waals surface area contributed by atoms with E-state index in [1.165, 1.54) is 0 Å². The smallest absolute Gasteiger partial charge is 0.222 e. The fourth-order valence-electron chi connectivity index (χ4n) is 5.28. The van der Waals surface area contributed by atoms with Crippen LogP contribution in [0.4, 0.5) is 0 Å². The zero-order chi connectivity index (χ0) is 23.4. The Morgan fingerprint density at radius 1 is 1.18 bits per heavy atom. The van der Waals surface area contributed by atoms with Gasteiger partial charge in [-0.25, -0.2) is 4.98 Å². The summed E-state index contributed by atoms with van der Waals surface area (Å²) in [6.07, 6.45) is 5.34. The van der Waals surface area contributed by atoms with E-state index in [9.17, 15) is 4.79 Å². The minimum absolute atomic E-state index is 0.186. The molecule has 176 valence electrons. The van der Waals surface area contributed by atoms with Gasteiger partial charge in [0, 0.05) is 68.8 Å². The van der Waals surface area contributed by atoms with Gasteiger partial charge in [-0.2, -0.15) is 10.2 Å². The van der Waals surface area contributed by atoms with Crippen LogP contribution in [0.2, 0.25) is 0 Å². The molecule has 2 aliphatic rings. The second-order valence-electron chi connectivity index (χ2n) is 9.25. The number of aryl methyl sites for hydroxylation is 2. The predicted octanol–water partition coefficient (Wildman–Crippen LogP) is 3.09. The van der Waals surface area contributed by atoms with Gasteiger partial charge in [-0.05, 0) is 18.6 Å². The van der Waals surface area contributed by atoms with Gasteiger partial charge in [0.2, 0.25) is 5.91 Å². The van der Waals surface area contributed by atoms with Gasteiger partial charge in [-0.1, -0.05) is 13.0 Å². The summed E-state index contributed by atoms with van der Waals surface area (Å²) >= 11 is 0. The SMILES string of the molecule is CCC(=O)N1CCn2c(C3CCOC3)nc(-c3ccc4c(c3)c(-c3cnn(C)c3)nn4C)c2C1. The molecule has 1 fully saturated rings. The van der Waals surface area contributed by atoms with Crippen LogP contribution in [0.5, 0.6) is 0 Å². The highest BCUT2D eigenvalue weighted by Gasteiger charge is 2.31. The second kappa shape index (κ2) is 8.09. The molecule has 0 radical (unpaired) electrons. The van der Waals surface area contributed by atoms with E-state index in [2.05, 4.69) is 27.9 Å². The Hall–Kier alpha value is -3.46. The van der Waals surface area contributed by atoms with Crippen LogP contribution in [0.1, 0.15) is 37.2 Å². The fourth-order valence-corrected chi connectivity index (χ4v) is 5.28. The zero-order valence-electron chi connectivity index (χ0n) is 19.9. The molecule has 0 N–H and O–H groups in total. The Kier molecular flexibility index (Phi) is 5.02. The molecule has 0 saturated carbocycles. The van der Waals surface area contributed by atoms with Crippen molar-refractivity contribution in [3.8, 4) is 22.5 Å². The number of amides is 1. The lowest BCUT2D eigenvalue weighted by molar-refractivity contribution is -0.132. The van der Waals surface area contributed by atoms with Crippen molar-refractivity contribution in [3.63, 3.8) is 0 Å². The number of carbonyl (C=O) groups is 1. The molecule has 1 amide bonds. The first kappa shape index (κ1) is 21.1. The number of imidazole rings is 1. The molecule has 1 unspecified atom stereocenters. The summed E-state index contributed by atoms with van der Waals surface area (Å²) in [5, 5.41) is 10.2. The molecule has 0 aliphatic carbocycles. The van der Waals surface area contributed by atoms with E-state index in [0.29, 0.717) is 25.5 Å². The van der Waals surface area contributed by atoms with Crippen LogP contribution in [0.15, 0.2) is 30.6 Å². The Morgan fingerprint density at radius 3 is 2.79 bits per heavy atom. The minimum Gasteiger partial charge on any atom is -0.381 e. The quantitative estimate of drug-likeness (QED) is 0.468. The van der Waals surface area contributed by atoms with Crippen molar-refractivity contribution in [3.05, 3.63) is 42.1 Å². The number of benzene rings is 1. The molecule has 0 bridgehead atoms. The minimum atomic E-state index is 0.186. The topological polar surface area (TPSA) is 83.0 Å². The van der Waals surface area contributed by atoms with Crippen molar-refractivity contribution in [2.24, 2.45) is 14.1 Å². The molecule has 3 aromatic heterocycles. The molecule has 34 heavy (non-hydrogen) atoms. The molecular weight excluding hydrogens is 430 g/mol. The van der Waals surface area contributed by atoms with Gasteiger partial charge < -0.3 is 14.2 Å². The van der Waals surface area contributed by atoms with Gasteiger partial charge in [-0.3, -0.25) is 14.2 Å². The van der Waals surface area contributed by atoms with Crippen molar-refractivity contribution in [2.45, 2.75) is 38.8 Å². The molecule has 6 rings (SSSR count). The summed E-state index contributed by atoms with van der Waals surface area (Å²) in [4.78, 5) is 19.7. The summed E-state index contributed by atoms with van der Waals surface area (Å²) < 4.78 is 11.7. The molecule has 1 aromatic carbocycles. The summed E-state index contributed by atoms with van der Waals surface area (Å²) in [7, 11) is 3.88. The molecule has 9 nitrogen and oxygen atoms in total. The molecule has 2 aliphatic heterocycles. The lowest BCUT2D eigenvalue weighted by atomic mass is 10.0. The summed E-state index contributed by atoms with van der Waals surface area (Å²) in [6.45, 7) is 5.49. The summed E-state index contributed by atoms with van der Waals surface area (Å²) in [6, 6.07) is 6.42. The largest absolute Gasteiger partial charge is 0.381 e. The van der Waals surface area contributed by atoms with Crippen LogP contribution >= 0.6 is 0 Å². The first-order chi connectivity index (χ1) is 16.5. The molecule has 9 heteroatoms. The van der Waals surface area contributed by atoms with Crippen molar-refractivity contribution in [2.75, 3.05) is 19.8 Å².